The molecule has 1 N–H and O–H groups in total. The summed E-state index contributed by atoms with van der Waals surface area (Å²) in [6.07, 6.45) is 0.710. The number of aryl methyl sites for hydroxylation is 2. The molecule has 2 aromatic rings. The normalized spacial score (nSPS) is 10.8. The Kier molecular flexibility index (Phi) is 5.01. The van der Waals surface area contributed by atoms with E-state index in [2.05, 4.69) is 42.2 Å². The van der Waals surface area contributed by atoms with E-state index >= 15 is 0 Å². The fraction of sp³-hybridized carbons (Fsp3) is 0.400. The number of hydrogen-bond acceptors (Lipinski definition) is 4. The van der Waals surface area contributed by atoms with Crippen molar-refractivity contribution < 1.29 is 9.90 Å². The largest absolute Gasteiger partial charge is 0.481 e. The lowest BCUT2D eigenvalue weighted by Crippen LogP contribution is -2.06. The zero-order chi connectivity index (χ0) is 15.4. The molecule has 1 aromatic carbocycles. The molecule has 0 amide bonds. The van der Waals surface area contributed by atoms with Gasteiger partial charge in [-0.15, -0.1) is 10.2 Å². The van der Waals surface area contributed by atoms with Crippen molar-refractivity contribution in [2.24, 2.45) is 0 Å². The van der Waals surface area contributed by atoms with Gasteiger partial charge in [0.25, 0.3) is 0 Å². The second-order valence-electron chi connectivity index (χ2n) is 4.93. The van der Waals surface area contributed by atoms with Gasteiger partial charge >= 0.3 is 5.97 Å². The molecule has 2 rings (SSSR count). The molecule has 0 bridgehead atoms. The highest BCUT2D eigenvalue weighted by Crippen LogP contribution is 2.20. The third-order valence-electron chi connectivity index (χ3n) is 3.29. The summed E-state index contributed by atoms with van der Waals surface area (Å²) in [6, 6.07) is 6.36. The van der Waals surface area contributed by atoms with Crippen molar-refractivity contribution in [3.8, 4) is 0 Å². The first kappa shape index (κ1) is 15.6. The number of aromatic nitrogens is 3. The van der Waals surface area contributed by atoms with E-state index in [1.54, 1.807) is 0 Å². The summed E-state index contributed by atoms with van der Waals surface area (Å²) in [5.41, 5.74) is 3.68. The van der Waals surface area contributed by atoms with Gasteiger partial charge in [-0.3, -0.25) is 4.79 Å². The van der Waals surface area contributed by atoms with Crippen molar-refractivity contribution >= 4 is 17.7 Å². The minimum absolute atomic E-state index is 0.00159. The number of benzene rings is 1. The Hall–Kier alpha value is -1.82. The number of hydrogen-bond donors (Lipinski definition) is 1. The van der Waals surface area contributed by atoms with Crippen molar-refractivity contribution in [3.63, 3.8) is 0 Å². The maximum Gasteiger partial charge on any atom is 0.313 e. The molecule has 0 aliphatic heterocycles. The van der Waals surface area contributed by atoms with Crippen LogP contribution < -0.4 is 0 Å². The Labute approximate surface area is 128 Å². The molecule has 1 aromatic heterocycles. The van der Waals surface area contributed by atoms with Crippen LogP contribution in [0.2, 0.25) is 0 Å². The minimum atomic E-state index is -0.846. The third-order valence-corrected chi connectivity index (χ3v) is 4.24. The Morgan fingerprint density at radius 1 is 1.33 bits per heavy atom. The molecule has 1 heterocycles. The highest BCUT2D eigenvalue weighted by atomic mass is 32.2. The van der Waals surface area contributed by atoms with E-state index in [0.29, 0.717) is 11.6 Å². The summed E-state index contributed by atoms with van der Waals surface area (Å²) in [7, 11) is 0. The molecule has 0 aliphatic rings. The second kappa shape index (κ2) is 6.76. The third kappa shape index (κ3) is 3.85. The fourth-order valence-electron chi connectivity index (χ4n) is 2.16. The molecule has 0 atom stereocenters. The molecule has 21 heavy (non-hydrogen) atoms. The van der Waals surface area contributed by atoms with Gasteiger partial charge < -0.3 is 9.67 Å². The number of aliphatic carboxylic acids is 1. The fourth-order valence-corrected chi connectivity index (χ4v) is 2.90. The standard InChI is InChI=1S/C15H19N3O2S/c1-4-18-13(16-17-15(18)21-9-14(19)20)8-12-7-10(2)5-6-11(12)3/h5-7H,4,8-9H2,1-3H3,(H,19,20). The van der Waals surface area contributed by atoms with Gasteiger partial charge in [0.05, 0.1) is 5.75 Å². The van der Waals surface area contributed by atoms with Gasteiger partial charge in [0.2, 0.25) is 0 Å². The van der Waals surface area contributed by atoms with E-state index in [1.165, 1.54) is 28.5 Å². The van der Waals surface area contributed by atoms with Gasteiger partial charge in [0.15, 0.2) is 5.16 Å². The molecule has 0 saturated heterocycles. The van der Waals surface area contributed by atoms with Gasteiger partial charge in [0, 0.05) is 13.0 Å². The van der Waals surface area contributed by atoms with Crippen LogP contribution in [0.15, 0.2) is 23.4 Å². The maximum atomic E-state index is 10.7. The average Bonchev–Trinajstić information content (AvgIpc) is 2.82. The zero-order valence-electron chi connectivity index (χ0n) is 12.5. The van der Waals surface area contributed by atoms with E-state index in [1.807, 2.05) is 11.5 Å². The number of carbonyl (C=O) groups is 1. The van der Waals surface area contributed by atoms with Gasteiger partial charge in [-0.1, -0.05) is 35.5 Å². The lowest BCUT2D eigenvalue weighted by atomic mass is 10.0. The Balaban J connectivity index is 2.24. The van der Waals surface area contributed by atoms with Gasteiger partial charge in [-0.25, -0.2) is 0 Å². The Bertz CT molecular complexity index is 652. The molecular formula is C15H19N3O2S. The highest BCUT2D eigenvalue weighted by Gasteiger charge is 2.14. The summed E-state index contributed by atoms with van der Waals surface area (Å²) in [4.78, 5) is 10.7. The van der Waals surface area contributed by atoms with E-state index in [0.717, 1.165) is 12.4 Å². The average molecular weight is 305 g/mol. The number of nitrogens with zero attached hydrogens (tertiary/aromatic N) is 3. The van der Waals surface area contributed by atoms with Crippen LogP contribution in [-0.2, 0) is 17.8 Å². The van der Waals surface area contributed by atoms with Crippen molar-refractivity contribution in [1.82, 2.24) is 14.8 Å². The van der Waals surface area contributed by atoms with E-state index in [4.69, 9.17) is 5.11 Å². The van der Waals surface area contributed by atoms with Gasteiger partial charge in [0.1, 0.15) is 5.82 Å². The quantitative estimate of drug-likeness (QED) is 0.831. The van der Waals surface area contributed by atoms with Crippen LogP contribution in [0.1, 0.15) is 29.4 Å². The highest BCUT2D eigenvalue weighted by molar-refractivity contribution is 7.99. The molecule has 0 saturated carbocycles. The SMILES string of the molecule is CCn1c(Cc2cc(C)ccc2C)nnc1SCC(=O)O. The molecule has 6 heteroatoms. The number of rotatable bonds is 6. The number of carboxylic acid groups (broad SMARTS) is 1. The monoisotopic (exact) mass is 305 g/mol. The molecular weight excluding hydrogens is 286 g/mol. The van der Waals surface area contributed by atoms with Crippen molar-refractivity contribution in [1.29, 1.82) is 0 Å². The molecule has 0 spiro atoms. The number of thioether (sulfide) groups is 1. The Morgan fingerprint density at radius 2 is 2.10 bits per heavy atom. The van der Waals surface area contributed by atoms with Gasteiger partial charge in [-0.2, -0.15) is 0 Å². The van der Waals surface area contributed by atoms with Crippen LogP contribution in [0, 0.1) is 13.8 Å². The van der Waals surface area contributed by atoms with Crippen molar-refractivity contribution in [3.05, 3.63) is 40.7 Å². The first-order valence-corrected chi connectivity index (χ1v) is 7.82. The summed E-state index contributed by atoms with van der Waals surface area (Å²) >= 11 is 1.21. The Morgan fingerprint density at radius 3 is 2.76 bits per heavy atom. The summed E-state index contributed by atoms with van der Waals surface area (Å²) < 4.78 is 1.98. The van der Waals surface area contributed by atoms with E-state index < -0.39 is 5.97 Å². The van der Waals surface area contributed by atoms with Crippen LogP contribution in [-0.4, -0.2) is 31.6 Å². The molecule has 112 valence electrons. The van der Waals surface area contributed by atoms with Crippen LogP contribution in [0.3, 0.4) is 0 Å². The predicted molar refractivity (Wildman–Crippen MR) is 82.8 cm³/mol. The maximum absolute atomic E-state index is 10.7. The molecule has 0 radical (unpaired) electrons. The first-order chi connectivity index (χ1) is 10.0. The summed E-state index contributed by atoms with van der Waals surface area (Å²) in [5, 5.41) is 17.8. The minimum Gasteiger partial charge on any atom is -0.481 e. The van der Waals surface area contributed by atoms with Crippen molar-refractivity contribution in [2.45, 2.75) is 38.9 Å². The molecule has 0 fully saturated rings. The lowest BCUT2D eigenvalue weighted by Gasteiger charge is -2.09. The summed E-state index contributed by atoms with van der Waals surface area (Å²) in [5.74, 6) is 0.0301. The predicted octanol–water partition coefficient (Wildman–Crippen LogP) is 2.68. The van der Waals surface area contributed by atoms with Gasteiger partial charge in [-0.05, 0) is 31.9 Å². The number of carboxylic acids is 1. The molecule has 5 nitrogen and oxygen atoms in total. The summed E-state index contributed by atoms with van der Waals surface area (Å²) in [6.45, 7) is 6.90. The van der Waals surface area contributed by atoms with Crippen molar-refractivity contribution in [2.75, 3.05) is 5.75 Å². The smallest absolute Gasteiger partial charge is 0.313 e. The first-order valence-electron chi connectivity index (χ1n) is 6.84. The lowest BCUT2D eigenvalue weighted by molar-refractivity contribution is -0.133. The molecule has 0 unspecified atom stereocenters. The second-order valence-corrected chi connectivity index (χ2v) is 5.87. The van der Waals surface area contributed by atoms with Crippen LogP contribution in [0.5, 0.6) is 0 Å². The topological polar surface area (TPSA) is 68.0 Å². The van der Waals surface area contributed by atoms with E-state index in [9.17, 15) is 4.79 Å². The molecule has 0 aliphatic carbocycles. The van der Waals surface area contributed by atoms with E-state index in [-0.39, 0.29) is 5.75 Å². The van der Waals surface area contributed by atoms with Crippen LogP contribution in [0.4, 0.5) is 0 Å². The van der Waals surface area contributed by atoms with Crippen LogP contribution in [0.25, 0.3) is 0 Å². The zero-order valence-corrected chi connectivity index (χ0v) is 13.3. The van der Waals surface area contributed by atoms with Crippen LogP contribution >= 0.6 is 11.8 Å².